The summed E-state index contributed by atoms with van der Waals surface area (Å²) in [4.78, 5) is 25.0. The quantitative estimate of drug-likeness (QED) is 0.681. The minimum atomic E-state index is 0.0103. The van der Waals surface area contributed by atoms with Gasteiger partial charge in [0.1, 0.15) is 0 Å². The van der Waals surface area contributed by atoms with E-state index < -0.39 is 0 Å². The molecule has 0 radical (unpaired) electrons. The van der Waals surface area contributed by atoms with E-state index in [1.165, 1.54) is 0 Å². The molecule has 2 bridgehead atoms. The first-order chi connectivity index (χ1) is 8.27. The molecule has 0 unspecified atom stereocenters. The Balaban J connectivity index is 1.91. The molecule has 0 amide bonds. The van der Waals surface area contributed by atoms with Crippen LogP contribution in [0.1, 0.15) is 40.0 Å². The van der Waals surface area contributed by atoms with E-state index in [4.69, 9.17) is 0 Å². The normalized spacial score (nSPS) is 38.1. The molecule has 4 rings (SSSR count). The number of carbonyl (C=O) groups is 2. The number of ketones is 2. The van der Waals surface area contributed by atoms with Crippen molar-refractivity contribution >= 4 is 11.6 Å². The van der Waals surface area contributed by atoms with Gasteiger partial charge in [-0.05, 0) is 31.1 Å². The fraction of sp³-hybridized carbons (Fsp3) is 0.467. The van der Waals surface area contributed by atoms with Crippen molar-refractivity contribution in [2.45, 2.75) is 19.3 Å². The molecule has 1 aromatic rings. The van der Waals surface area contributed by atoms with E-state index >= 15 is 0 Å². The van der Waals surface area contributed by atoms with Gasteiger partial charge in [0.15, 0.2) is 11.6 Å². The van der Waals surface area contributed by atoms with E-state index in [1.807, 2.05) is 24.3 Å². The molecule has 0 aliphatic heterocycles. The molecule has 17 heavy (non-hydrogen) atoms. The Hall–Kier alpha value is -1.44. The largest absolute Gasteiger partial charge is 0.294 e. The first kappa shape index (κ1) is 9.58. The average molecular weight is 226 g/mol. The molecule has 4 atom stereocenters. The molecule has 0 saturated heterocycles. The van der Waals surface area contributed by atoms with E-state index in [2.05, 4.69) is 0 Å². The van der Waals surface area contributed by atoms with Gasteiger partial charge in [-0.3, -0.25) is 9.59 Å². The Bertz CT molecular complexity index is 484. The van der Waals surface area contributed by atoms with Crippen LogP contribution in [0.5, 0.6) is 0 Å². The molecule has 2 heteroatoms. The van der Waals surface area contributed by atoms with E-state index in [-0.39, 0.29) is 23.4 Å². The van der Waals surface area contributed by atoms with E-state index in [9.17, 15) is 9.59 Å². The van der Waals surface area contributed by atoms with Crippen LogP contribution in [0.25, 0.3) is 0 Å². The highest BCUT2D eigenvalue weighted by Crippen LogP contribution is 2.56. The molecule has 2 nitrogen and oxygen atoms in total. The molecular formula is C15H14O2. The third-order valence-corrected chi connectivity index (χ3v) is 4.98. The monoisotopic (exact) mass is 226 g/mol. The van der Waals surface area contributed by atoms with Crippen molar-refractivity contribution in [2.75, 3.05) is 0 Å². The van der Waals surface area contributed by atoms with Gasteiger partial charge < -0.3 is 0 Å². The van der Waals surface area contributed by atoms with Crippen LogP contribution in [0.2, 0.25) is 0 Å². The summed E-state index contributed by atoms with van der Waals surface area (Å²) in [5.74, 6) is 1.45. The minimum Gasteiger partial charge on any atom is -0.294 e. The van der Waals surface area contributed by atoms with Crippen molar-refractivity contribution in [1.82, 2.24) is 0 Å². The maximum absolute atomic E-state index is 12.5. The molecule has 0 spiro atoms. The van der Waals surface area contributed by atoms with Crippen molar-refractivity contribution in [1.29, 1.82) is 0 Å². The number of benzene rings is 1. The first-order valence-electron chi connectivity index (χ1n) is 6.45. The third kappa shape index (κ3) is 1.06. The number of fused-ring (bicyclic) bond motifs is 6. The van der Waals surface area contributed by atoms with Gasteiger partial charge in [-0.1, -0.05) is 24.3 Å². The van der Waals surface area contributed by atoms with Crippen molar-refractivity contribution in [3.63, 3.8) is 0 Å². The van der Waals surface area contributed by atoms with Crippen LogP contribution in [-0.4, -0.2) is 11.6 Å². The smallest absolute Gasteiger partial charge is 0.167 e. The average Bonchev–Trinajstić information content (AvgIpc) is 2.96. The van der Waals surface area contributed by atoms with Crippen LogP contribution in [0.3, 0.4) is 0 Å². The fourth-order valence-electron chi connectivity index (χ4n) is 4.32. The number of hydrogen-bond donors (Lipinski definition) is 0. The molecule has 3 aliphatic rings. The van der Waals surface area contributed by atoms with Crippen LogP contribution in [0.4, 0.5) is 0 Å². The summed E-state index contributed by atoms with van der Waals surface area (Å²) in [7, 11) is 0. The third-order valence-electron chi connectivity index (χ3n) is 4.98. The highest BCUT2D eigenvalue weighted by molar-refractivity contribution is 6.16. The second-order valence-electron chi connectivity index (χ2n) is 5.66. The maximum atomic E-state index is 12.5. The summed E-state index contributed by atoms with van der Waals surface area (Å²) < 4.78 is 0. The molecule has 0 heterocycles. The van der Waals surface area contributed by atoms with Gasteiger partial charge in [0.2, 0.25) is 0 Å². The van der Waals surface area contributed by atoms with Crippen molar-refractivity contribution in [3.8, 4) is 0 Å². The molecule has 0 N–H and O–H groups in total. The van der Waals surface area contributed by atoms with E-state index in [0.29, 0.717) is 23.0 Å². The Morgan fingerprint density at radius 3 is 1.76 bits per heavy atom. The van der Waals surface area contributed by atoms with Gasteiger partial charge in [-0.15, -0.1) is 0 Å². The summed E-state index contributed by atoms with van der Waals surface area (Å²) in [6, 6.07) is 7.35. The standard InChI is InChI=1S/C15H14O2/c16-14-10-3-1-2-4-11(10)15(17)13-9-6-5-8(7-9)12(13)14/h1-4,8-9,12-13H,5-7H2/t8-,9-,12+,13+/m0/s1. The Morgan fingerprint density at radius 2 is 1.29 bits per heavy atom. The topological polar surface area (TPSA) is 34.1 Å². The molecular weight excluding hydrogens is 212 g/mol. The van der Waals surface area contributed by atoms with E-state index in [1.54, 1.807) is 0 Å². The van der Waals surface area contributed by atoms with Crippen LogP contribution in [0.15, 0.2) is 24.3 Å². The Kier molecular flexibility index (Phi) is 1.73. The van der Waals surface area contributed by atoms with Crippen molar-refractivity contribution in [3.05, 3.63) is 35.4 Å². The molecule has 3 aliphatic carbocycles. The Morgan fingerprint density at radius 1 is 0.824 bits per heavy atom. The molecule has 0 aromatic heterocycles. The minimum absolute atomic E-state index is 0.0103. The fourth-order valence-corrected chi connectivity index (χ4v) is 4.32. The van der Waals surface area contributed by atoms with Crippen LogP contribution in [0, 0.1) is 23.7 Å². The first-order valence-corrected chi connectivity index (χ1v) is 6.45. The van der Waals surface area contributed by atoms with Gasteiger partial charge in [0.05, 0.1) is 0 Å². The number of rotatable bonds is 0. The number of Topliss-reactive ketones (excluding diaryl/α,β-unsaturated/α-hetero) is 2. The summed E-state index contributed by atoms with van der Waals surface area (Å²) in [5, 5.41) is 0. The molecule has 2 fully saturated rings. The van der Waals surface area contributed by atoms with Crippen LogP contribution >= 0.6 is 0 Å². The zero-order valence-corrected chi connectivity index (χ0v) is 9.56. The SMILES string of the molecule is O=C1c2ccccc2C(=O)[C@@H]2[C@H]3CC[C@@H](C3)[C@@H]12. The predicted octanol–water partition coefficient (Wildman–Crippen LogP) is 2.73. The maximum Gasteiger partial charge on any atom is 0.167 e. The molecule has 1 aromatic carbocycles. The zero-order chi connectivity index (χ0) is 11.6. The van der Waals surface area contributed by atoms with Crippen molar-refractivity contribution in [2.24, 2.45) is 23.7 Å². The molecule has 2 saturated carbocycles. The zero-order valence-electron chi connectivity index (χ0n) is 9.56. The van der Waals surface area contributed by atoms with E-state index in [0.717, 1.165) is 19.3 Å². The van der Waals surface area contributed by atoms with Gasteiger partial charge in [0.25, 0.3) is 0 Å². The lowest BCUT2D eigenvalue weighted by Crippen LogP contribution is -2.40. The highest BCUT2D eigenvalue weighted by atomic mass is 16.1. The van der Waals surface area contributed by atoms with Crippen LogP contribution in [-0.2, 0) is 0 Å². The lowest BCUT2D eigenvalue weighted by atomic mass is 9.67. The van der Waals surface area contributed by atoms with Gasteiger partial charge >= 0.3 is 0 Å². The van der Waals surface area contributed by atoms with Gasteiger partial charge in [0, 0.05) is 23.0 Å². The second-order valence-corrected chi connectivity index (χ2v) is 5.66. The highest BCUT2D eigenvalue weighted by Gasteiger charge is 2.56. The van der Waals surface area contributed by atoms with Gasteiger partial charge in [-0.2, -0.15) is 0 Å². The number of hydrogen-bond acceptors (Lipinski definition) is 2. The molecule has 86 valence electrons. The van der Waals surface area contributed by atoms with Gasteiger partial charge in [-0.25, -0.2) is 0 Å². The summed E-state index contributed by atoms with van der Waals surface area (Å²) in [6.07, 6.45) is 3.39. The summed E-state index contributed by atoms with van der Waals surface area (Å²) >= 11 is 0. The predicted molar refractivity (Wildman–Crippen MR) is 62.9 cm³/mol. The van der Waals surface area contributed by atoms with Crippen LogP contribution < -0.4 is 0 Å². The lowest BCUT2D eigenvalue weighted by molar-refractivity contribution is 0.0661. The summed E-state index contributed by atoms with van der Waals surface area (Å²) in [5.41, 5.74) is 1.34. The van der Waals surface area contributed by atoms with Crippen molar-refractivity contribution < 1.29 is 9.59 Å². The Labute approximate surface area is 100 Å². The second kappa shape index (κ2) is 3.06. The number of carbonyl (C=O) groups excluding carboxylic acids is 2. The lowest BCUT2D eigenvalue weighted by Gasteiger charge is -2.33. The summed E-state index contributed by atoms with van der Waals surface area (Å²) in [6.45, 7) is 0.